The fourth-order valence-corrected chi connectivity index (χ4v) is 4.88. The van der Waals surface area contributed by atoms with E-state index in [1.165, 1.54) is 0 Å². The van der Waals surface area contributed by atoms with Crippen LogP contribution in [0.2, 0.25) is 0 Å². The zero-order valence-corrected chi connectivity index (χ0v) is 23.3. The third-order valence-electron chi connectivity index (χ3n) is 6.73. The molecule has 1 unspecified atom stereocenters. The fraction of sp³-hybridized carbons (Fsp3) is 0.226. The predicted octanol–water partition coefficient (Wildman–Crippen LogP) is 2.88. The smallest absolute Gasteiger partial charge is 0.546 e. The number of carboxylic acids is 1. The summed E-state index contributed by atoms with van der Waals surface area (Å²) in [6.45, 7) is 1.51. The molecule has 1 atom stereocenters. The van der Waals surface area contributed by atoms with Gasteiger partial charge in [0.15, 0.2) is 5.76 Å². The Bertz CT molecular complexity index is 1320. The molecule has 3 aromatic carbocycles. The van der Waals surface area contributed by atoms with E-state index in [0.29, 0.717) is 11.6 Å². The molecule has 1 aromatic heterocycles. The number of carbonyl (C=O) groups is 1. The van der Waals surface area contributed by atoms with E-state index in [-0.39, 0.29) is 35.5 Å². The molecule has 5 rings (SSSR count). The quantitative estimate of drug-likeness (QED) is 0.347. The largest absolute Gasteiger partial charge is 1.00 e. The predicted molar refractivity (Wildman–Crippen MR) is 138 cm³/mol. The first-order valence-electron chi connectivity index (χ1n) is 12.3. The molecule has 0 radical (unpaired) electrons. The molecule has 0 saturated heterocycles. The SMILES string of the molecule is Cc1c(CC2CCCC=C2c2nc(-c3ccccc3)c(-c3ccccc3)o2)cccc1OCC(=O)[O-].[Na+]. The van der Waals surface area contributed by atoms with Gasteiger partial charge in [-0.1, -0.05) is 78.9 Å². The number of hydrogen-bond donors (Lipinski definition) is 0. The van der Waals surface area contributed by atoms with E-state index in [2.05, 4.69) is 24.3 Å². The summed E-state index contributed by atoms with van der Waals surface area (Å²) in [5, 5.41) is 10.9. The van der Waals surface area contributed by atoms with Gasteiger partial charge in [0.2, 0.25) is 5.89 Å². The molecule has 0 fully saturated rings. The van der Waals surface area contributed by atoms with Gasteiger partial charge in [-0.05, 0) is 55.7 Å². The third kappa shape index (κ3) is 6.24. The van der Waals surface area contributed by atoms with Crippen LogP contribution in [0.25, 0.3) is 28.2 Å². The summed E-state index contributed by atoms with van der Waals surface area (Å²) < 4.78 is 12.0. The monoisotopic (exact) mass is 501 g/mol. The number of hydrogen-bond acceptors (Lipinski definition) is 5. The van der Waals surface area contributed by atoms with Gasteiger partial charge in [0.1, 0.15) is 18.1 Å². The van der Waals surface area contributed by atoms with Crippen molar-refractivity contribution in [2.45, 2.75) is 32.6 Å². The number of aliphatic carboxylic acids is 1. The minimum atomic E-state index is -1.23. The van der Waals surface area contributed by atoms with Gasteiger partial charge in [-0.3, -0.25) is 0 Å². The van der Waals surface area contributed by atoms with Gasteiger partial charge >= 0.3 is 29.6 Å². The Kier molecular flexibility index (Phi) is 9.04. The van der Waals surface area contributed by atoms with Crippen LogP contribution < -0.4 is 39.4 Å². The number of rotatable bonds is 8. The molecule has 0 aliphatic heterocycles. The number of nitrogens with zero attached hydrogens (tertiary/aromatic N) is 1. The zero-order valence-electron chi connectivity index (χ0n) is 21.3. The fourth-order valence-electron chi connectivity index (χ4n) is 4.88. The van der Waals surface area contributed by atoms with Crippen LogP contribution in [0.4, 0.5) is 0 Å². The Morgan fingerprint density at radius 1 is 1.00 bits per heavy atom. The number of aromatic nitrogens is 1. The molecule has 182 valence electrons. The maximum atomic E-state index is 10.9. The summed E-state index contributed by atoms with van der Waals surface area (Å²) in [7, 11) is 0. The van der Waals surface area contributed by atoms with E-state index < -0.39 is 12.6 Å². The van der Waals surface area contributed by atoms with E-state index >= 15 is 0 Å². The first kappa shape index (κ1) is 26.9. The van der Waals surface area contributed by atoms with Crippen LogP contribution in [0.5, 0.6) is 5.75 Å². The maximum absolute atomic E-state index is 10.9. The minimum absolute atomic E-state index is 0. The number of allylic oxidation sites excluding steroid dienone is 2. The topological polar surface area (TPSA) is 75.4 Å². The van der Waals surface area contributed by atoms with Crippen molar-refractivity contribution in [3.05, 3.63) is 102 Å². The van der Waals surface area contributed by atoms with Crippen molar-refractivity contribution >= 4 is 11.5 Å². The molecule has 4 aromatic rings. The summed E-state index contributed by atoms with van der Waals surface area (Å²) in [6, 6.07) is 26.0. The van der Waals surface area contributed by atoms with Crippen LogP contribution in [-0.2, 0) is 11.2 Å². The second-order valence-corrected chi connectivity index (χ2v) is 9.12. The molecule has 0 amide bonds. The molecule has 37 heavy (non-hydrogen) atoms. The summed E-state index contributed by atoms with van der Waals surface area (Å²) in [6.07, 6.45) is 6.17. The van der Waals surface area contributed by atoms with Crippen LogP contribution in [0, 0.1) is 12.8 Å². The van der Waals surface area contributed by atoms with E-state index in [1.54, 1.807) is 6.07 Å². The van der Waals surface area contributed by atoms with Crippen molar-refractivity contribution in [2.24, 2.45) is 5.92 Å². The van der Waals surface area contributed by atoms with Gasteiger partial charge in [0.05, 0.1) is 5.97 Å². The Labute approximate surface area is 239 Å². The summed E-state index contributed by atoms with van der Waals surface area (Å²) in [5.41, 5.74) is 6.06. The first-order valence-corrected chi connectivity index (χ1v) is 12.3. The Balaban J connectivity index is 0.00000320. The van der Waals surface area contributed by atoms with Crippen LogP contribution in [-0.4, -0.2) is 17.6 Å². The van der Waals surface area contributed by atoms with Crippen molar-refractivity contribution < 1.29 is 48.6 Å². The van der Waals surface area contributed by atoms with Gasteiger partial charge in [-0.2, -0.15) is 0 Å². The molecule has 1 heterocycles. The molecule has 0 spiro atoms. The molecule has 5 nitrogen and oxygen atoms in total. The molecule has 6 heteroatoms. The standard InChI is InChI=1S/C31H29NO4.Na/c1-21-24(16-10-18-27(21)35-20-28(33)34)19-25-15-8-9-17-26(25)31-32-29(22-11-4-2-5-12-22)30(36-31)23-13-6-3-7-14-23;/h2-7,10-14,16-18,25H,8-9,15,19-20H2,1H3,(H,33,34);/q;+1/p-1. The number of oxazole rings is 1. The molecular formula is C31H28NNaO4. The van der Waals surface area contributed by atoms with Crippen LogP contribution in [0.1, 0.15) is 36.3 Å². The van der Waals surface area contributed by atoms with Crippen molar-refractivity contribution in [3.63, 3.8) is 0 Å². The summed E-state index contributed by atoms with van der Waals surface area (Å²) >= 11 is 0. The maximum Gasteiger partial charge on any atom is 1.00 e. The second kappa shape index (κ2) is 12.4. The van der Waals surface area contributed by atoms with Crippen molar-refractivity contribution in [3.8, 4) is 28.3 Å². The van der Waals surface area contributed by atoms with E-state index in [0.717, 1.165) is 65.0 Å². The van der Waals surface area contributed by atoms with Gasteiger partial charge in [0, 0.05) is 16.7 Å². The number of ether oxygens (including phenoxy) is 1. The van der Waals surface area contributed by atoms with Crippen molar-refractivity contribution in [1.82, 2.24) is 4.98 Å². The van der Waals surface area contributed by atoms with E-state index in [9.17, 15) is 9.90 Å². The second-order valence-electron chi connectivity index (χ2n) is 9.12. The Hall–Kier alpha value is -3.12. The van der Waals surface area contributed by atoms with Crippen LogP contribution in [0.3, 0.4) is 0 Å². The van der Waals surface area contributed by atoms with E-state index in [1.807, 2.05) is 61.5 Å². The van der Waals surface area contributed by atoms with Gasteiger partial charge in [-0.25, -0.2) is 4.98 Å². The Morgan fingerprint density at radius 3 is 2.41 bits per heavy atom. The average molecular weight is 502 g/mol. The molecule has 1 aliphatic carbocycles. The van der Waals surface area contributed by atoms with Crippen molar-refractivity contribution in [1.29, 1.82) is 0 Å². The number of carboxylic acid groups (broad SMARTS) is 1. The first-order chi connectivity index (χ1) is 17.6. The molecular weight excluding hydrogens is 473 g/mol. The summed E-state index contributed by atoms with van der Waals surface area (Å²) in [5.74, 6) is 1.02. The van der Waals surface area contributed by atoms with Gasteiger partial charge in [0.25, 0.3) is 0 Å². The molecule has 0 N–H and O–H groups in total. The number of carbonyl (C=O) groups excluding carboxylic acids is 1. The van der Waals surface area contributed by atoms with Gasteiger partial charge in [-0.15, -0.1) is 0 Å². The Morgan fingerprint density at radius 2 is 1.70 bits per heavy atom. The van der Waals surface area contributed by atoms with Gasteiger partial charge < -0.3 is 19.1 Å². The average Bonchev–Trinajstić information content (AvgIpc) is 3.36. The summed E-state index contributed by atoms with van der Waals surface area (Å²) in [4.78, 5) is 15.9. The van der Waals surface area contributed by atoms with E-state index in [4.69, 9.17) is 14.1 Å². The molecule has 0 bridgehead atoms. The third-order valence-corrected chi connectivity index (χ3v) is 6.73. The minimum Gasteiger partial charge on any atom is -0.546 e. The van der Waals surface area contributed by atoms with Crippen LogP contribution in [0.15, 0.2) is 89.4 Å². The van der Waals surface area contributed by atoms with Crippen LogP contribution >= 0.6 is 0 Å². The number of benzene rings is 3. The molecule has 1 aliphatic rings. The molecule has 0 saturated carbocycles. The van der Waals surface area contributed by atoms with Crippen molar-refractivity contribution in [2.75, 3.05) is 6.61 Å². The normalized spacial score (nSPS) is 14.9. The zero-order chi connectivity index (χ0) is 24.9.